The number of nitrogens with one attached hydrogen (secondary N) is 2. The maximum absolute atomic E-state index is 13.7. The maximum Gasteiger partial charge on any atom is 0.276 e. The van der Waals surface area contributed by atoms with Gasteiger partial charge in [-0.25, -0.2) is 4.39 Å². The lowest BCUT2D eigenvalue weighted by Crippen LogP contribution is -2.38. The lowest BCUT2D eigenvalue weighted by Gasteiger charge is -2.32. The number of H-pyrrole nitrogens is 1. The summed E-state index contributed by atoms with van der Waals surface area (Å²) in [5, 5.41) is 28.5. The van der Waals surface area contributed by atoms with Crippen LogP contribution in [0.2, 0.25) is 0 Å². The summed E-state index contributed by atoms with van der Waals surface area (Å²) in [5.41, 5.74) is 20.2. The second-order valence-electron chi connectivity index (χ2n) is 19.4. The van der Waals surface area contributed by atoms with Crippen molar-refractivity contribution in [3.63, 3.8) is 0 Å². The van der Waals surface area contributed by atoms with Crippen LogP contribution in [0.1, 0.15) is 109 Å². The number of rotatable bonds is 8. The molecule has 17 heteroatoms. The molecule has 75 heavy (non-hydrogen) atoms. The molecule has 4 heterocycles. The molecular weight excluding hydrogens is 954 g/mol. The molecule has 0 fully saturated rings. The minimum absolute atomic E-state index is 0.106. The number of carbonyl (C=O) groups is 3. The second kappa shape index (κ2) is 22.6. The molecule has 0 saturated carbocycles. The highest BCUT2D eigenvalue weighted by Gasteiger charge is 2.35. The Morgan fingerprint density at radius 2 is 1.36 bits per heavy atom. The molecule has 3 amide bonds. The van der Waals surface area contributed by atoms with Crippen LogP contribution in [0.4, 0.5) is 32.8 Å². The number of nitro benzene ring substituents is 2. The Morgan fingerprint density at radius 1 is 0.773 bits per heavy atom. The lowest BCUT2D eigenvalue weighted by atomic mass is 9.95. The van der Waals surface area contributed by atoms with Crippen molar-refractivity contribution in [2.45, 2.75) is 90.1 Å². The van der Waals surface area contributed by atoms with Gasteiger partial charge in [0.2, 0.25) is 5.91 Å². The van der Waals surface area contributed by atoms with Crippen molar-refractivity contribution in [1.82, 2.24) is 19.7 Å². The molecule has 12 rings (SSSR count). The number of nitrogens with zero attached hydrogens (tertiary/aromatic N) is 6. The fourth-order valence-corrected chi connectivity index (χ4v) is 10.7. The molecule has 5 aliphatic rings. The van der Waals surface area contributed by atoms with E-state index in [1.54, 1.807) is 75.3 Å². The number of amides is 3. The number of non-ortho nitro benzene ring substituents is 2. The van der Waals surface area contributed by atoms with Gasteiger partial charge in [0.25, 0.3) is 23.2 Å². The average Bonchev–Trinajstić information content (AvgIpc) is 4.30. The quantitative estimate of drug-likeness (QED) is 0.0570. The second-order valence-corrected chi connectivity index (χ2v) is 19.4. The van der Waals surface area contributed by atoms with Gasteiger partial charge in [0, 0.05) is 77.8 Å². The molecule has 0 saturated heterocycles. The molecule has 7 aromatic rings. The van der Waals surface area contributed by atoms with Crippen molar-refractivity contribution in [2.75, 3.05) is 29.0 Å². The van der Waals surface area contributed by atoms with Gasteiger partial charge in [-0.2, -0.15) is 5.10 Å². The topological polar surface area (TPSA) is 216 Å². The van der Waals surface area contributed by atoms with Crippen molar-refractivity contribution in [1.29, 1.82) is 0 Å². The number of nitrogens with two attached hydrogens (primary N) is 1. The van der Waals surface area contributed by atoms with Gasteiger partial charge in [-0.1, -0.05) is 49.9 Å². The standard InChI is InChI=1S/C31H29FN6O3.2C9H9NO2.C9H11N/c1-3-27(39)37-14-12-21-8-11-23(15-26(21)37)34-30(40)28-24-18-36(31(41)25-5-4-13-33-25)16-19(2)29(24)38(35-28)17-20-6-9-22(32)10-7-20;2*11-10(12)9-5-4-7-2-1-3-8(7)6-9;10-9-5-4-7-2-1-3-8(7)6-9/h3-11,13,15,19,33H,1,12,14,16-18H2,2H3,(H,34,40);2*4-6H,1-3H2;4-6H,1-3,10H2. The zero-order valence-corrected chi connectivity index (χ0v) is 41.7. The number of nitrogen functional groups attached to an aromatic ring is 1. The van der Waals surface area contributed by atoms with Crippen LogP contribution in [0.15, 0.2) is 128 Å². The fourth-order valence-electron chi connectivity index (χ4n) is 10.7. The summed E-state index contributed by atoms with van der Waals surface area (Å²) in [6, 6.07) is 31.7. The zero-order valence-electron chi connectivity index (χ0n) is 41.7. The number of halogens is 1. The van der Waals surface area contributed by atoms with E-state index in [0.717, 1.165) is 84.3 Å². The Hall–Kier alpha value is -8.73. The van der Waals surface area contributed by atoms with Gasteiger partial charge in [0.15, 0.2) is 5.69 Å². The number of nitro groups is 2. The largest absolute Gasteiger partial charge is 0.399 e. The first-order chi connectivity index (χ1) is 36.2. The van der Waals surface area contributed by atoms with E-state index < -0.39 is 5.91 Å². The van der Waals surface area contributed by atoms with E-state index in [0.29, 0.717) is 36.6 Å². The third-order valence-electron chi connectivity index (χ3n) is 14.4. The highest BCUT2D eigenvalue weighted by Crippen LogP contribution is 2.35. The van der Waals surface area contributed by atoms with Crippen molar-refractivity contribution >= 4 is 46.2 Å². The number of fused-ring (bicyclic) bond motifs is 5. The van der Waals surface area contributed by atoms with Crippen LogP contribution in [-0.4, -0.2) is 60.3 Å². The number of hydrogen-bond acceptors (Lipinski definition) is 9. The van der Waals surface area contributed by atoms with Crippen LogP contribution in [0, 0.1) is 26.0 Å². The molecule has 0 bridgehead atoms. The highest BCUT2D eigenvalue weighted by molar-refractivity contribution is 6.06. The van der Waals surface area contributed by atoms with E-state index in [-0.39, 0.29) is 57.0 Å². The number of aromatic amines is 1. The fraction of sp³-hybridized carbons (Fsp3) is 0.276. The van der Waals surface area contributed by atoms with E-state index >= 15 is 0 Å². The van der Waals surface area contributed by atoms with Crippen molar-refractivity contribution < 1.29 is 28.6 Å². The first-order valence-corrected chi connectivity index (χ1v) is 25.3. The van der Waals surface area contributed by atoms with Gasteiger partial charge in [-0.05, 0) is 163 Å². The molecule has 384 valence electrons. The summed E-state index contributed by atoms with van der Waals surface area (Å²) in [7, 11) is 0. The van der Waals surface area contributed by atoms with Crippen molar-refractivity contribution in [2.24, 2.45) is 0 Å². The van der Waals surface area contributed by atoms with Gasteiger partial charge in [-0.15, -0.1) is 0 Å². The predicted octanol–water partition coefficient (Wildman–Crippen LogP) is 10.4. The average molecular weight is 1010 g/mol. The first kappa shape index (κ1) is 51.2. The van der Waals surface area contributed by atoms with Crippen LogP contribution in [0.25, 0.3) is 0 Å². The highest BCUT2D eigenvalue weighted by atomic mass is 19.1. The molecule has 16 nitrogen and oxygen atoms in total. The molecule has 0 radical (unpaired) electrons. The normalized spacial score (nSPS) is 15.3. The molecular formula is C58H58FN9O7. The summed E-state index contributed by atoms with van der Waals surface area (Å²) >= 11 is 0. The number of benzene rings is 5. The van der Waals surface area contributed by atoms with Crippen molar-refractivity contribution in [3.05, 3.63) is 221 Å². The zero-order chi connectivity index (χ0) is 52.8. The monoisotopic (exact) mass is 1010 g/mol. The van der Waals surface area contributed by atoms with Gasteiger partial charge in [0.1, 0.15) is 11.5 Å². The van der Waals surface area contributed by atoms with E-state index in [1.807, 2.05) is 37.3 Å². The Balaban J connectivity index is 0.000000161. The minimum atomic E-state index is -0.417. The summed E-state index contributed by atoms with van der Waals surface area (Å²) in [5.74, 6) is -1.20. The third-order valence-corrected chi connectivity index (χ3v) is 14.4. The smallest absolute Gasteiger partial charge is 0.276 e. The number of aromatic nitrogens is 3. The molecule has 4 N–H and O–H groups in total. The predicted molar refractivity (Wildman–Crippen MR) is 285 cm³/mol. The number of anilines is 3. The van der Waals surface area contributed by atoms with Crippen LogP contribution in [0.3, 0.4) is 0 Å². The van der Waals surface area contributed by atoms with E-state index in [2.05, 4.69) is 29.0 Å². The van der Waals surface area contributed by atoms with Gasteiger partial charge < -0.3 is 25.8 Å². The Morgan fingerprint density at radius 3 is 1.95 bits per heavy atom. The molecule has 3 aliphatic carbocycles. The van der Waals surface area contributed by atoms with Crippen LogP contribution >= 0.6 is 0 Å². The SMILES string of the molecule is C=CC(=O)N1CCc2ccc(NC(=O)c3nn(Cc4ccc(F)cc4)c4c3CN(C(=O)c3ccc[nH]3)CC4C)cc21.Nc1ccc2c(c1)CCC2.O=[N+]([O-])c1ccc2c(c1)CCC2.O=[N+]([O-])c1ccc2c(c1)CCC2. The minimum Gasteiger partial charge on any atom is -0.399 e. The summed E-state index contributed by atoms with van der Waals surface area (Å²) in [6.45, 7) is 7.17. The van der Waals surface area contributed by atoms with E-state index in [1.165, 1.54) is 59.7 Å². The molecule has 1 unspecified atom stereocenters. The van der Waals surface area contributed by atoms with Crippen LogP contribution < -0.4 is 16.0 Å². The summed E-state index contributed by atoms with van der Waals surface area (Å²) < 4.78 is 15.3. The molecule has 1 atom stereocenters. The number of hydrogen-bond donors (Lipinski definition) is 3. The molecule has 2 aliphatic heterocycles. The van der Waals surface area contributed by atoms with Crippen LogP contribution in [0.5, 0.6) is 0 Å². The van der Waals surface area contributed by atoms with E-state index in [9.17, 15) is 39.0 Å². The van der Waals surface area contributed by atoms with Gasteiger partial charge in [-0.3, -0.25) is 39.3 Å². The summed E-state index contributed by atoms with van der Waals surface area (Å²) in [4.78, 5) is 65.8. The van der Waals surface area contributed by atoms with Gasteiger partial charge in [0.05, 0.1) is 22.9 Å². The Kier molecular flexibility index (Phi) is 15.4. The molecule has 2 aromatic heterocycles. The molecule has 5 aromatic carbocycles. The number of aryl methyl sites for hydroxylation is 6. The van der Waals surface area contributed by atoms with Gasteiger partial charge >= 0.3 is 0 Å². The Bertz CT molecular complexity index is 3250. The Labute approximate surface area is 433 Å². The van der Waals surface area contributed by atoms with Crippen LogP contribution in [-0.2, 0) is 62.8 Å². The lowest BCUT2D eigenvalue weighted by molar-refractivity contribution is -0.385. The third kappa shape index (κ3) is 11.7. The molecule has 0 spiro atoms. The first-order valence-electron chi connectivity index (χ1n) is 25.3. The summed E-state index contributed by atoms with van der Waals surface area (Å²) in [6.07, 6.45) is 13.9. The van der Waals surface area contributed by atoms with E-state index in [4.69, 9.17) is 10.8 Å². The number of carbonyl (C=O) groups excluding carboxylic acids is 3. The maximum atomic E-state index is 13.7. The van der Waals surface area contributed by atoms with Crippen molar-refractivity contribution in [3.8, 4) is 0 Å².